The zero-order valence-corrected chi connectivity index (χ0v) is 19.5. The van der Waals surface area contributed by atoms with Crippen molar-refractivity contribution in [3.05, 3.63) is 83.3 Å². The van der Waals surface area contributed by atoms with Gasteiger partial charge in [-0.3, -0.25) is 4.57 Å². The Morgan fingerprint density at radius 3 is 2.42 bits per heavy atom. The molecule has 5 rings (SSSR count). The normalized spacial score (nSPS) is 11.3. The van der Waals surface area contributed by atoms with E-state index >= 15 is 0 Å². The smallest absolute Gasteiger partial charge is 0.196 e. The van der Waals surface area contributed by atoms with Crippen LogP contribution in [0.25, 0.3) is 39.2 Å². The molecule has 0 unspecified atom stereocenters. The lowest BCUT2D eigenvalue weighted by molar-refractivity contribution is 0.883. The maximum Gasteiger partial charge on any atom is 0.196 e. The minimum Gasteiger partial charge on any atom is -0.351 e. The third-order valence-electron chi connectivity index (χ3n) is 5.13. The average molecular weight is 489 g/mol. The van der Waals surface area contributed by atoms with E-state index in [0.717, 1.165) is 61.0 Å². The molecular weight excluding hydrogens is 468 g/mol. The molecule has 0 bridgehead atoms. The van der Waals surface area contributed by atoms with Gasteiger partial charge in [-0.25, -0.2) is 0 Å². The average Bonchev–Trinajstić information content (AvgIpc) is 3.39. The quantitative estimate of drug-likeness (QED) is 0.254. The predicted molar refractivity (Wildman–Crippen MR) is 133 cm³/mol. The molecule has 1 N–H and O–H groups in total. The van der Waals surface area contributed by atoms with Gasteiger partial charge >= 0.3 is 0 Å². The summed E-state index contributed by atoms with van der Waals surface area (Å²) in [7, 11) is 0. The first-order valence-electron chi connectivity index (χ1n) is 10.3. The second-order valence-electron chi connectivity index (χ2n) is 7.26. The van der Waals surface area contributed by atoms with Crippen molar-refractivity contribution in [1.29, 1.82) is 0 Å². The number of benzene rings is 3. The molecule has 2 heterocycles. The van der Waals surface area contributed by atoms with E-state index in [9.17, 15) is 0 Å². The molecule has 0 fully saturated rings. The number of aromatic nitrogens is 4. The van der Waals surface area contributed by atoms with E-state index in [1.807, 2.05) is 24.3 Å². The summed E-state index contributed by atoms with van der Waals surface area (Å²) in [4.78, 5) is 3.63. The molecule has 0 saturated carbocycles. The molecule has 0 spiro atoms. The number of para-hydroxylation sites is 1. The standard InChI is InChI=1S/C25H21BrN4S/c1-2-15-31-25-29-28-24(30(25)19-11-7-4-8-12-19)23-22(17-9-5-3-6-10-17)20-16-18(26)13-14-21(20)27-23/h3-14,16,27H,2,15H2,1H3. The largest absolute Gasteiger partial charge is 0.351 e. The number of nitrogens with zero attached hydrogens (tertiary/aromatic N) is 3. The van der Waals surface area contributed by atoms with E-state index in [-0.39, 0.29) is 0 Å². The van der Waals surface area contributed by atoms with Gasteiger partial charge in [-0.05, 0) is 42.3 Å². The fourth-order valence-electron chi connectivity index (χ4n) is 3.77. The van der Waals surface area contributed by atoms with Crippen molar-refractivity contribution in [3.63, 3.8) is 0 Å². The molecule has 0 aliphatic rings. The zero-order chi connectivity index (χ0) is 21.2. The molecule has 0 atom stereocenters. The Balaban J connectivity index is 1.80. The van der Waals surface area contributed by atoms with Crippen LogP contribution in [0.1, 0.15) is 13.3 Å². The molecule has 0 amide bonds. The van der Waals surface area contributed by atoms with Gasteiger partial charge < -0.3 is 4.98 Å². The lowest BCUT2D eigenvalue weighted by Gasteiger charge is -2.11. The third kappa shape index (κ3) is 3.82. The van der Waals surface area contributed by atoms with Gasteiger partial charge in [0, 0.05) is 32.4 Å². The van der Waals surface area contributed by atoms with Gasteiger partial charge in [-0.15, -0.1) is 10.2 Å². The Labute approximate surface area is 193 Å². The molecule has 0 radical (unpaired) electrons. The van der Waals surface area contributed by atoms with Crippen molar-refractivity contribution in [2.24, 2.45) is 0 Å². The Kier molecular flexibility index (Phi) is 5.66. The molecule has 2 aromatic heterocycles. The van der Waals surface area contributed by atoms with Crippen LogP contribution in [-0.2, 0) is 0 Å². The minimum absolute atomic E-state index is 0.816. The molecule has 3 aromatic carbocycles. The fourth-order valence-corrected chi connectivity index (χ4v) is 4.93. The van der Waals surface area contributed by atoms with Crippen LogP contribution < -0.4 is 0 Å². The van der Waals surface area contributed by atoms with Crippen LogP contribution in [0.5, 0.6) is 0 Å². The van der Waals surface area contributed by atoms with Gasteiger partial charge in [0.05, 0.1) is 5.69 Å². The number of halogens is 1. The monoisotopic (exact) mass is 488 g/mol. The molecule has 31 heavy (non-hydrogen) atoms. The predicted octanol–water partition coefficient (Wildman–Crippen LogP) is 7.35. The minimum atomic E-state index is 0.816. The molecule has 0 aliphatic carbocycles. The number of hydrogen-bond acceptors (Lipinski definition) is 3. The molecule has 5 aromatic rings. The second-order valence-corrected chi connectivity index (χ2v) is 9.23. The number of thioether (sulfide) groups is 1. The van der Waals surface area contributed by atoms with Gasteiger partial charge in [-0.2, -0.15) is 0 Å². The first-order valence-corrected chi connectivity index (χ1v) is 12.0. The number of hydrogen-bond donors (Lipinski definition) is 1. The highest BCUT2D eigenvalue weighted by molar-refractivity contribution is 9.10. The van der Waals surface area contributed by atoms with Crippen molar-refractivity contribution in [2.45, 2.75) is 18.5 Å². The van der Waals surface area contributed by atoms with Gasteiger partial charge in [0.1, 0.15) is 0 Å². The number of H-pyrrole nitrogens is 1. The summed E-state index contributed by atoms with van der Waals surface area (Å²) >= 11 is 5.37. The summed E-state index contributed by atoms with van der Waals surface area (Å²) in [5.41, 5.74) is 5.38. The summed E-state index contributed by atoms with van der Waals surface area (Å²) in [6, 6.07) is 27.1. The van der Waals surface area contributed by atoms with Crippen LogP contribution >= 0.6 is 27.7 Å². The van der Waals surface area contributed by atoms with E-state index in [4.69, 9.17) is 0 Å². The summed E-state index contributed by atoms with van der Waals surface area (Å²) in [5.74, 6) is 1.81. The highest BCUT2D eigenvalue weighted by Crippen LogP contribution is 2.40. The third-order valence-corrected chi connectivity index (χ3v) is 6.76. The van der Waals surface area contributed by atoms with Crippen molar-refractivity contribution in [2.75, 3.05) is 5.75 Å². The molecule has 4 nitrogen and oxygen atoms in total. The van der Waals surface area contributed by atoms with E-state index in [0.29, 0.717) is 0 Å². The maximum atomic E-state index is 4.67. The van der Waals surface area contributed by atoms with E-state index in [1.165, 1.54) is 0 Å². The van der Waals surface area contributed by atoms with Crippen molar-refractivity contribution >= 4 is 38.6 Å². The van der Waals surface area contributed by atoms with Crippen molar-refractivity contribution < 1.29 is 0 Å². The van der Waals surface area contributed by atoms with Crippen LogP contribution in [0.2, 0.25) is 0 Å². The number of nitrogens with one attached hydrogen (secondary N) is 1. The maximum absolute atomic E-state index is 4.67. The Hall–Kier alpha value is -2.83. The fraction of sp³-hybridized carbons (Fsp3) is 0.120. The summed E-state index contributed by atoms with van der Waals surface area (Å²) in [6.45, 7) is 2.18. The first-order chi connectivity index (χ1) is 15.3. The van der Waals surface area contributed by atoms with Crippen LogP contribution in [0.4, 0.5) is 0 Å². The van der Waals surface area contributed by atoms with E-state index in [2.05, 4.69) is 97.2 Å². The second kappa shape index (κ2) is 8.73. The molecular formula is C25H21BrN4S. The zero-order valence-electron chi connectivity index (χ0n) is 17.0. The lowest BCUT2D eigenvalue weighted by Crippen LogP contribution is -2.00. The summed E-state index contributed by atoms with van der Waals surface area (Å²) in [5, 5.41) is 11.3. The van der Waals surface area contributed by atoms with Crippen LogP contribution in [0, 0.1) is 0 Å². The van der Waals surface area contributed by atoms with Gasteiger partial charge in [-0.1, -0.05) is 83.1 Å². The highest BCUT2D eigenvalue weighted by atomic mass is 79.9. The van der Waals surface area contributed by atoms with E-state index in [1.54, 1.807) is 11.8 Å². The topological polar surface area (TPSA) is 46.5 Å². The molecule has 6 heteroatoms. The Morgan fingerprint density at radius 2 is 1.68 bits per heavy atom. The van der Waals surface area contributed by atoms with Crippen LogP contribution in [0.15, 0.2) is 88.5 Å². The lowest BCUT2D eigenvalue weighted by atomic mass is 10.0. The van der Waals surface area contributed by atoms with E-state index < -0.39 is 0 Å². The number of rotatable bonds is 6. The summed E-state index contributed by atoms with van der Waals surface area (Å²) in [6.07, 6.45) is 1.08. The first kappa shape index (κ1) is 20.1. The van der Waals surface area contributed by atoms with Crippen molar-refractivity contribution in [1.82, 2.24) is 19.7 Å². The number of aromatic amines is 1. The highest BCUT2D eigenvalue weighted by Gasteiger charge is 2.23. The Bertz CT molecular complexity index is 1330. The Morgan fingerprint density at radius 1 is 0.935 bits per heavy atom. The van der Waals surface area contributed by atoms with Gasteiger partial charge in [0.25, 0.3) is 0 Å². The number of fused-ring (bicyclic) bond motifs is 1. The van der Waals surface area contributed by atoms with Crippen LogP contribution in [0.3, 0.4) is 0 Å². The van der Waals surface area contributed by atoms with Crippen LogP contribution in [-0.4, -0.2) is 25.5 Å². The van der Waals surface area contributed by atoms with Gasteiger partial charge in [0.15, 0.2) is 11.0 Å². The van der Waals surface area contributed by atoms with Crippen molar-refractivity contribution in [3.8, 4) is 28.3 Å². The summed E-state index contributed by atoms with van der Waals surface area (Å²) < 4.78 is 3.21. The molecule has 154 valence electrons. The SMILES string of the molecule is CCCSc1nnc(-c2[nH]c3ccc(Br)cc3c2-c2ccccc2)n1-c1ccccc1. The molecule has 0 saturated heterocycles. The molecule has 0 aliphatic heterocycles. The van der Waals surface area contributed by atoms with Gasteiger partial charge in [0.2, 0.25) is 0 Å².